The van der Waals surface area contributed by atoms with Crippen molar-refractivity contribution in [3.05, 3.63) is 29.6 Å². The second-order valence-corrected chi connectivity index (χ2v) is 5.06. The lowest BCUT2D eigenvalue weighted by molar-refractivity contribution is 0.0908. The monoisotopic (exact) mass is 276 g/mol. The molecule has 0 spiro atoms. The number of carbonyl (C=O) groups is 2. The Labute approximate surface area is 118 Å². The molecule has 0 atom stereocenters. The van der Waals surface area contributed by atoms with Crippen molar-refractivity contribution in [2.75, 3.05) is 27.2 Å². The summed E-state index contributed by atoms with van der Waals surface area (Å²) >= 11 is 0. The molecular weight excluding hydrogens is 256 g/mol. The Morgan fingerprint density at radius 1 is 1.25 bits per heavy atom. The maximum atomic E-state index is 12.1. The number of nitrogens with zero attached hydrogens (tertiary/aromatic N) is 2. The molecule has 20 heavy (non-hydrogen) atoms. The summed E-state index contributed by atoms with van der Waals surface area (Å²) in [6.07, 6.45) is 3.33. The number of piperidine rings is 1. The standard InChI is InChI=1S/C14H20N4O2/c1-15-13(19)10-3-4-12(16-9-10)14(20)17-11-5-7-18(2)8-6-11/h3-4,9,11H,5-8H2,1-2H3,(H,15,19)(H,17,20). The normalized spacial score (nSPS) is 16.7. The maximum Gasteiger partial charge on any atom is 0.270 e. The Morgan fingerprint density at radius 2 is 1.95 bits per heavy atom. The summed E-state index contributed by atoms with van der Waals surface area (Å²) in [5.41, 5.74) is 0.792. The van der Waals surface area contributed by atoms with E-state index >= 15 is 0 Å². The van der Waals surface area contributed by atoms with Crippen molar-refractivity contribution in [2.24, 2.45) is 0 Å². The second kappa shape index (κ2) is 6.47. The lowest BCUT2D eigenvalue weighted by Crippen LogP contribution is -2.43. The highest BCUT2D eigenvalue weighted by atomic mass is 16.2. The van der Waals surface area contributed by atoms with Crippen LogP contribution < -0.4 is 10.6 Å². The van der Waals surface area contributed by atoms with Crippen molar-refractivity contribution in [2.45, 2.75) is 18.9 Å². The SMILES string of the molecule is CNC(=O)c1ccc(C(=O)NC2CCN(C)CC2)nc1. The lowest BCUT2D eigenvalue weighted by Gasteiger charge is -2.29. The van der Waals surface area contributed by atoms with Crippen LogP contribution in [0.5, 0.6) is 0 Å². The fourth-order valence-electron chi connectivity index (χ4n) is 2.22. The first-order valence-electron chi connectivity index (χ1n) is 6.77. The van der Waals surface area contributed by atoms with Crippen molar-refractivity contribution in [1.82, 2.24) is 20.5 Å². The van der Waals surface area contributed by atoms with Gasteiger partial charge in [0, 0.05) is 19.3 Å². The molecule has 0 unspecified atom stereocenters. The van der Waals surface area contributed by atoms with Gasteiger partial charge in [0.15, 0.2) is 0 Å². The molecule has 0 saturated carbocycles. The number of rotatable bonds is 3. The molecule has 1 aromatic heterocycles. The fourth-order valence-corrected chi connectivity index (χ4v) is 2.22. The van der Waals surface area contributed by atoms with Gasteiger partial charge in [0.1, 0.15) is 5.69 Å². The van der Waals surface area contributed by atoms with Gasteiger partial charge >= 0.3 is 0 Å². The number of likely N-dealkylation sites (tertiary alicyclic amines) is 1. The largest absolute Gasteiger partial charge is 0.355 e. The van der Waals surface area contributed by atoms with E-state index in [9.17, 15) is 9.59 Å². The molecule has 6 nitrogen and oxygen atoms in total. The highest BCUT2D eigenvalue weighted by Gasteiger charge is 2.19. The van der Waals surface area contributed by atoms with Crippen molar-refractivity contribution in [3.63, 3.8) is 0 Å². The maximum absolute atomic E-state index is 12.1. The summed E-state index contributed by atoms with van der Waals surface area (Å²) in [6.45, 7) is 1.99. The summed E-state index contributed by atoms with van der Waals surface area (Å²) in [5.74, 6) is -0.386. The molecule has 1 aliphatic rings. The van der Waals surface area contributed by atoms with Gasteiger partial charge in [0.2, 0.25) is 0 Å². The molecule has 0 bridgehead atoms. The number of amides is 2. The predicted octanol–water partition coefficient (Wildman–Crippen LogP) is 0.265. The van der Waals surface area contributed by atoms with Gasteiger partial charge in [-0.15, -0.1) is 0 Å². The molecule has 0 aromatic carbocycles. The Morgan fingerprint density at radius 3 is 2.50 bits per heavy atom. The molecule has 1 aliphatic heterocycles. The van der Waals surface area contributed by atoms with Crippen LogP contribution in [0.15, 0.2) is 18.3 Å². The summed E-state index contributed by atoms with van der Waals surface area (Å²) in [4.78, 5) is 29.7. The third-order valence-electron chi connectivity index (χ3n) is 3.54. The van der Waals surface area contributed by atoms with Crippen LogP contribution in [0.4, 0.5) is 0 Å². The van der Waals surface area contributed by atoms with Crippen molar-refractivity contribution in [1.29, 1.82) is 0 Å². The minimum atomic E-state index is -0.209. The van der Waals surface area contributed by atoms with E-state index in [4.69, 9.17) is 0 Å². The van der Waals surface area contributed by atoms with E-state index in [0.29, 0.717) is 11.3 Å². The second-order valence-electron chi connectivity index (χ2n) is 5.06. The number of hydrogen-bond acceptors (Lipinski definition) is 4. The Balaban J connectivity index is 1.94. The van der Waals surface area contributed by atoms with E-state index in [1.165, 1.54) is 6.20 Å². The van der Waals surface area contributed by atoms with Gasteiger partial charge < -0.3 is 15.5 Å². The summed E-state index contributed by atoms with van der Waals surface area (Å²) in [6, 6.07) is 3.39. The van der Waals surface area contributed by atoms with Crippen LogP contribution in [0.2, 0.25) is 0 Å². The van der Waals surface area contributed by atoms with Gasteiger partial charge in [-0.1, -0.05) is 0 Å². The van der Waals surface area contributed by atoms with Crippen LogP contribution in [-0.4, -0.2) is 54.9 Å². The van der Waals surface area contributed by atoms with Crippen LogP contribution in [0, 0.1) is 0 Å². The molecule has 2 heterocycles. The van der Waals surface area contributed by atoms with Crippen LogP contribution in [0.1, 0.15) is 33.7 Å². The average Bonchev–Trinajstić information content (AvgIpc) is 2.49. The summed E-state index contributed by atoms with van der Waals surface area (Å²) < 4.78 is 0. The first kappa shape index (κ1) is 14.5. The Kier molecular flexibility index (Phi) is 4.68. The smallest absolute Gasteiger partial charge is 0.270 e. The molecule has 1 fully saturated rings. The zero-order valence-corrected chi connectivity index (χ0v) is 11.8. The fraction of sp³-hybridized carbons (Fsp3) is 0.500. The zero-order valence-electron chi connectivity index (χ0n) is 11.8. The topological polar surface area (TPSA) is 74.3 Å². The van der Waals surface area contributed by atoms with Crippen molar-refractivity contribution >= 4 is 11.8 Å². The molecule has 2 amide bonds. The highest BCUT2D eigenvalue weighted by molar-refractivity contribution is 5.96. The predicted molar refractivity (Wildman–Crippen MR) is 75.6 cm³/mol. The molecular formula is C14H20N4O2. The van der Waals surface area contributed by atoms with Gasteiger partial charge in [0.05, 0.1) is 5.56 Å². The van der Waals surface area contributed by atoms with Crippen molar-refractivity contribution in [3.8, 4) is 0 Å². The molecule has 1 aromatic rings. The van der Waals surface area contributed by atoms with E-state index < -0.39 is 0 Å². The van der Waals surface area contributed by atoms with E-state index in [0.717, 1.165) is 25.9 Å². The Hall–Kier alpha value is -1.95. The quantitative estimate of drug-likeness (QED) is 0.831. The Bertz CT molecular complexity index is 478. The highest BCUT2D eigenvalue weighted by Crippen LogP contribution is 2.09. The number of nitrogens with one attached hydrogen (secondary N) is 2. The minimum Gasteiger partial charge on any atom is -0.355 e. The number of aromatic nitrogens is 1. The number of pyridine rings is 1. The first-order chi connectivity index (χ1) is 9.60. The van der Waals surface area contributed by atoms with E-state index in [2.05, 4.69) is 27.6 Å². The molecule has 1 saturated heterocycles. The third-order valence-corrected chi connectivity index (χ3v) is 3.54. The molecule has 6 heteroatoms. The van der Waals surface area contributed by atoms with Gasteiger partial charge in [0.25, 0.3) is 11.8 Å². The zero-order chi connectivity index (χ0) is 14.5. The molecule has 108 valence electrons. The van der Waals surface area contributed by atoms with Gasteiger partial charge in [-0.05, 0) is 45.1 Å². The van der Waals surface area contributed by atoms with Gasteiger partial charge in [-0.2, -0.15) is 0 Å². The van der Waals surface area contributed by atoms with Gasteiger partial charge in [-0.25, -0.2) is 0 Å². The van der Waals surface area contributed by atoms with Crippen LogP contribution in [-0.2, 0) is 0 Å². The summed E-state index contributed by atoms with van der Waals surface area (Å²) in [5, 5.41) is 5.51. The first-order valence-corrected chi connectivity index (χ1v) is 6.77. The van der Waals surface area contributed by atoms with Crippen LogP contribution in [0.3, 0.4) is 0 Å². The van der Waals surface area contributed by atoms with Gasteiger partial charge in [-0.3, -0.25) is 14.6 Å². The lowest BCUT2D eigenvalue weighted by atomic mass is 10.1. The van der Waals surface area contributed by atoms with E-state index in [-0.39, 0.29) is 17.9 Å². The average molecular weight is 276 g/mol. The van der Waals surface area contributed by atoms with Crippen molar-refractivity contribution < 1.29 is 9.59 Å². The number of hydrogen-bond donors (Lipinski definition) is 2. The number of carbonyl (C=O) groups excluding carboxylic acids is 2. The summed E-state index contributed by atoms with van der Waals surface area (Å²) in [7, 11) is 3.64. The molecule has 2 N–H and O–H groups in total. The van der Waals surface area contributed by atoms with Crippen LogP contribution in [0.25, 0.3) is 0 Å². The molecule has 0 radical (unpaired) electrons. The van der Waals surface area contributed by atoms with Crippen LogP contribution >= 0.6 is 0 Å². The third kappa shape index (κ3) is 3.54. The van der Waals surface area contributed by atoms with E-state index in [1.807, 2.05) is 0 Å². The minimum absolute atomic E-state index is 0.178. The molecule has 2 rings (SSSR count). The molecule has 0 aliphatic carbocycles. The van der Waals surface area contributed by atoms with E-state index in [1.54, 1.807) is 19.2 Å².